The quantitative estimate of drug-likeness (QED) is 0.425. The van der Waals surface area contributed by atoms with Gasteiger partial charge in [0.1, 0.15) is 4.90 Å². The summed E-state index contributed by atoms with van der Waals surface area (Å²) in [5, 5.41) is 0. The molecule has 0 saturated heterocycles. The van der Waals surface area contributed by atoms with Gasteiger partial charge in [-0.15, -0.1) is 0 Å². The Balaban J connectivity index is 1.83. The van der Waals surface area contributed by atoms with Crippen molar-refractivity contribution in [2.24, 2.45) is 0 Å². The topological polar surface area (TPSA) is 112 Å². The molecule has 2 aromatic heterocycles. The Kier molecular flexibility index (Phi) is 6.09. The number of nitrogens with zero attached hydrogens (tertiary/aromatic N) is 3. The second-order valence-electron chi connectivity index (χ2n) is 9.22. The minimum absolute atomic E-state index is 0.0202. The van der Waals surface area contributed by atoms with E-state index in [-0.39, 0.29) is 16.8 Å². The molecule has 0 bridgehead atoms. The maximum absolute atomic E-state index is 13.1. The smallest absolute Gasteiger partial charge is 0.246 e. The van der Waals surface area contributed by atoms with Crippen molar-refractivity contribution >= 4 is 27.0 Å². The molecule has 3 N–H and O–H groups in total. The molecule has 4 rings (SSSR count). The van der Waals surface area contributed by atoms with Crippen LogP contribution in [-0.4, -0.2) is 35.6 Å². The minimum Gasteiger partial charge on any atom is -0.480 e. The van der Waals surface area contributed by atoms with E-state index in [2.05, 4.69) is 21.6 Å². The van der Waals surface area contributed by atoms with E-state index in [1.165, 1.54) is 7.11 Å². The van der Waals surface area contributed by atoms with Crippen molar-refractivity contribution in [3.8, 4) is 17.0 Å². The number of nitrogens with two attached hydrogens (primary N) is 1. The van der Waals surface area contributed by atoms with Crippen molar-refractivity contribution in [3.05, 3.63) is 66.4 Å². The number of rotatable bonds is 6. The predicted octanol–water partition coefficient (Wildman–Crippen LogP) is 4.38. The summed E-state index contributed by atoms with van der Waals surface area (Å²) in [7, 11) is -2.46. The first-order chi connectivity index (χ1) is 16.0. The number of anilines is 1. The van der Waals surface area contributed by atoms with Crippen LogP contribution in [0, 0.1) is 0 Å². The molecule has 1 atom stereocenters. The van der Waals surface area contributed by atoms with Crippen LogP contribution >= 0.6 is 0 Å². The largest absolute Gasteiger partial charge is 0.480 e. The maximum Gasteiger partial charge on any atom is 0.246 e. The van der Waals surface area contributed by atoms with Crippen LogP contribution in [0.2, 0.25) is 0 Å². The molecule has 0 saturated carbocycles. The summed E-state index contributed by atoms with van der Waals surface area (Å²) >= 11 is 0. The number of benzene rings is 2. The van der Waals surface area contributed by atoms with Gasteiger partial charge in [0.25, 0.3) is 0 Å². The van der Waals surface area contributed by atoms with Crippen molar-refractivity contribution in [1.82, 2.24) is 19.3 Å². The summed E-state index contributed by atoms with van der Waals surface area (Å²) in [6.45, 7) is 7.41. The lowest BCUT2D eigenvalue weighted by Crippen LogP contribution is -2.40. The van der Waals surface area contributed by atoms with Crippen LogP contribution < -0.4 is 15.2 Å². The molecule has 0 aliphatic rings. The summed E-state index contributed by atoms with van der Waals surface area (Å²) < 4.78 is 36.0. The number of sulfonamides is 1. The number of aromatic nitrogens is 3. The molecular weight excluding hydrogens is 450 g/mol. The van der Waals surface area contributed by atoms with E-state index in [9.17, 15) is 8.42 Å². The van der Waals surface area contributed by atoms with Crippen LogP contribution in [0.4, 0.5) is 5.95 Å². The number of ether oxygens (including phenoxy) is 1. The summed E-state index contributed by atoms with van der Waals surface area (Å²) in [5.41, 5.74) is 9.77. The van der Waals surface area contributed by atoms with Crippen molar-refractivity contribution in [1.29, 1.82) is 0 Å². The van der Waals surface area contributed by atoms with Gasteiger partial charge in [-0.3, -0.25) is 0 Å². The second-order valence-corrected chi connectivity index (χ2v) is 10.9. The van der Waals surface area contributed by atoms with Gasteiger partial charge in [0.15, 0.2) is 0 Å². The van der Waals surface area contributed by atoms with Gasteiger partial charge in [-0.05, 0) is 57.0 Å². The maximum atomic E-state index is 13.1. The van der Waals surface area contributed by atoms with Gasteiger partial charge < -0.3 is 15.0 Å². The van der Waals surface area contributed by atoms with Crippen molar-refractivity contribution in [2.45, 2.75) is 44.2 Å². The SMILES string of the molecule is COc1ncc(-c2ccc3nc(N)n(C(C)c4ccccc4)c3c2)cc1S(=O)(=O)NC(C)(C)C. The first-order valence-electron chi connectivity index (χ1n) is 10.9. The normalized spacial score (nSPS) is 13.2. The lowest BCUT2D eigenvalue weighted by Gasteiger charge is -2.21. The minimum atomic E-state index is -3.86. The number of fused-ring (bicyclic) bond motifs is 1. The van der Waals surface area contributed by atoms with E-state index in [1.807, 2.05) is 53.1 Å². The monoisotopic (exact) mass is 479 g/mol. The van der Waals surface area contributed by atoms with Gasteiger partial charge in [0.2, 0.25) is 21.9 Å². The molecule has 2 aromatic carbocycles. The zero-order valence-corrected chi connectivity index (χ0v) is 20.7. The number of nitrogens with one attached hydrogen (secondary N) is 1. The molecule has 0 aliphatic carbocycles. The molecule has 0 radical (unpaired) electrons. The summed E-state index contributed by atoms with van der Waals surface area (Å²) in [6.07, 6.45) is 1.60. The fourth-order valence-corrected chi connectivity index (χ4v) is 5.54. The molecule has 0 amide bonds. The zero-order valence-electron chi connectivity index (χ0n) is 19.9. The Labute approximate surface area is 199 Å². The highest BCUT2D eigenvalue weighted by molar-refractivity contribution is 7.89. The Morgan fingerprint density at radius 2 is 1.76 bits per heavy atom. The van der Waals surface area contributed by atoms with Gasteiger partial charge >= 0.3 is 0 Å². The molecular formula is C25H29N5O3S. The molecule has 34 heavy (non-hydrogen) atoms. The predicted molar refractivity (Wildman–Crippen MR) is 134 cm³/mol. The zero-order chi connectivity index (χ0) is 24.7. The van der Waals surface area contributed by atoms with Gasteiger partial charge in [0, 0.05) is 17.3 Å². The molecule has 178 valence electrons. The summed E-state index contributed by atoms with van der Waals surface area (Å²) in [6, 6.07) is 17.3. The van der Waals surface area contributed by atoms with Crippen LogP contribution in [0.5, 0.6) is 5.88 Å². The van der Waals surface area contributed by atoms with Gasteiger partial charge in [-0.1, -0.05) is 36.4 Å². The Bertz CT molecular complexity index is 1440. The molecule has 2 heterocycles. The first kappa shape index (κ1) is 23.7. The molecule has 1 unspecified atom stereocenters. The number of imidazole rings is 1. The van der Waals surface area contributed by atoms with Crippen molar-refractivity contribution in [2.75, 3.05) is 12.8 Å². The van der Waals surface area contributed by atoms with Crippen molar-refractivity contribution in [3.63, 3.8) is 0 Å². The highest BCUT2D eigenvalue weighted by Gasteiger charge is 2.27. The second kappa shape index (κ2) is 8.73. The lowest BCUT2D eigenvalue weighted by atomic mass is 10.1. The number of nitrogen functional groups attached to an aromatic ring is 1. The summed E-state index contributed by atoms with van der Waals surface area (Å²) in [4.78, 5) is 8.77. The van der Waals surface area contributed by atoms with E-state index in [0.717, 1.165) is 22.2 Å². The fraction of sp³-hybridized carbons (Fsp3) is 0.280. The Hall–Kier alpha value is -3.43. The highest BCUT2D eigenvalue weighted by Crippen LogP contribution is 2.33. The molecule has 4 aromatic rings. The van der Waals surface area contributed by atoms with Crippen LogP contribution in [0.15, 0.2) is 65.7 Å². The van der Waals surface area contributed by atoms with Crippen molar-refractivity contribution < 1.29 is 13.2 Å². The van der Waals surface area contributed by atoms with Gasteiger partial charge in [-0.25, -0.2) is 23.1 Å². The molecule has 0 spiro atoms. The third kappa shape index (κ3) is 4.62. The number of methoxy groups -OCH3 is 1. The van der Waals surface area contributed by atoms with Crippen LogP contribution in [-0.2, 0) is 10.0 Å². The average molecular weight is 480 g/mol. The van der Waals surface area contributed by atoms with E-state index >= 15 is 0 Å². The van der Waals surface area contributed by atoms with E-state index < -0.39 is 15.6 Å². The van der Waals surface area contributed by atoms with Crippen LogP contribution in [0.1, 0.15) is 39.3 Å². The third-order valence-electron chi connectivity index (χ3n) is 5.46. The fourth-order valence-electron chi connectivity index (χ4n) is 3.97. The standard InChI is InChI=1S/C25H29N5O3S/c1-16(17-9-7-6-8-10-17)30-21-13-18(11-12-20(21)28-24(30)26)19-14-22(23(33-5)27-15-19)34(31,32)29-25(2,3)4/h6-16,29H,1-5H3,(H2,26,28). The molecule has 8 nitrogen and oxygen atoms in total. The molecule has 0 fully saturated rings. The number of hydrogen-bond donors (Lipinski definition) is 2. The number of pyridine rings is 1. The van der Waals surface area contributed by atoms with Crippen LogP contribution in [0.3, 0.4) is 0 Å². The van der Waals surface area contributed by atoms with E-state index in [1.54, 1.807) is 33.0 Å². The van der Waals surface area contributed by atoms with Gasteiger partial charge in [-0.2, -0.15) is 0 Å². The highest BCUT2D eigenvalue weighted by atomic mass is 32.2. The first-order valence-corrected chi connectivity index (χ1v) is 12.4. The third-order valence-corrected chi connectivity index (χ3v) is 7.21. The molecule has 0 aliphatic heterocycles. The Morgan fingerprint density at radius 1 is 1.06 bits per heavy atom. The van der Waals surface area contributed by atoms with E-state index in [4.69, 9.17) is 10.5 Å². The van der Waals surface area contributed by atoms with Crippen LogP contribution in [0.25, 0.3) is 22.2 Å². The lowest BCUT2D eigenvalue weighted by molar-refractivity contribution is 0.384. The van der Waals surface area contributed by atoms with Gasteiger partial charge in [0.05, 0.1) is 24.2 Å². The average Bonchev–Trinajstić information content (AvgIpc) is 3.12. The van der Waals surface area contributed by atoms with E-state index in [0.29, 0.717) is 11.5 Å². The molecule has 9 heteroatoms. The number of hydrogen-bond acceptors (Lipinski definition) is 6. The Morgan fingerprint density at radius 3 is 2.41 bits per heavy atom. The summed E-state index contributed by atoms with van der Waals surface area (Å²) in [5.74, 6) is 0.447.